The molecular weight excluding hydrogens is 232 g/mol. The summed E-state index contributed by atoms with van der Waals surface area (Å²) in [5.74, 6) is 0.645. The highest BCUT2D eigenvalue weighted by atomic mass is 15.1. The average Bonchev–Trinajstić information content (AvgIpc) is 2.38. The van der Waals surface area contributed by atoms with Crippen LogP contribution in [0.3, 0.4) is 0 Å². The minimum Gasteiger partial charge on any atom is -0.398 e. The van der Waals surface area contributed by atoms with Crippen molar-refractivity contribution >= 4 is 16.5 Å². The zero-order chi connectivity index (χ0) is 14.0. The van der Waals surface area contributed by atoms with E-state index in [-0.39, 0.29) is 0 Å². The molecule has 1 unspecified atom stereocenters. The maximum atomic E-state index is 6.18. The third kappa shape index (κ3) is 3.07. The van der Waals surface area contributed by atoms with Crippen molar-refractivity contribution in [1.29, 1.82) is 0 Å². The SMILES string of the molecule is CC(C)C(C)N(C)Cc1cc2ccccc2cc1N. The lowest BCUT2D eigenvalue weighted by atomic mass is 10.0. The average molecular weight is 256 g/mol. The highest BCUT2D eigenvalue weighted by molar-refractivity contribution is 5.86. The van der Waals surface area contributed by atoms with Crippen molar-refractivity contribution in [2.75, 3.05) is 12.8 Å². The summed E-state index contributed by atoms with van der Waals surface area (Å²) in [4.78, 5) is 2.37. The summed E-state index contributed by atoms with van der Waals surface area (Å²) in [5.41, 5.74) is 8.29. The van der Waals surface area contributed by atoms with Crippen LogP contribution in [0.15, 0.2) is 36.4 Å². The second-order valence-corrected chi connectivity index (χ2v) is 5.80. The Bertz CT molecular complexity index is 560. The third-order valence-corrected chi connectivity index (χ3v) is 4.09. The highest BCUT2D eigenvalue weighted by Gasteiger charge is 2.14. The van der Waals surface area contributed by atoms with Gasteiger partial charge in [-0.1, -0.05) is 38.1 Å². The lowest BCUT2D eigenvalue weighted by Gasteiger charge is -2.28. The lowest BCUT2D eigenvalue weighted by molar-refractivity contribution is 0.201. The number of hydrogen-bond donors (Lipinski definition) is 1. The normalized spacial score (nSPS) is 13.4. The van der Waals surface area contributed by atoms with E-state index in [0.717, 1.165) is 12.2 Å². The molecule has 0 saturated heterocycles. The number of fused-ring (bicyclic) bond motifs is 1. The predicted octanol–water partition coefficient (Wildman–Crippen LogP) is 3.90. The summed E-state index contributed by atoms with van der Waals surface area (Å²) in [6, 6.07) is 13.2. The van der Waals surface area contributed by atoms with E-state index in [1.807, 2.05) is 0 Å². The Labute approximate surface area is 116 Å². The molecule has 2 aromatic rings. The van der Waals surface area contributed by atoms with Crippen LogP contribution in [0, 0.1) is 5.92 Å². The zero-order valence-electron chi connectivity index (χ0n) is 12.4. The zero-order valence-corrected chi connectivity index (χ0v) is 12.4. The molecular formula is C17H24N2. The lowest BCUT2D eigenvalue weighted by Crippen LogP contribution is -2.32. The van der Waals surface area contributed by atoms with E-state index in [9.17, 15) is 0 Å². The van der Waals surface area contributed by atoms with Gasteiger partial charge in [-0.3, -0.25) is 4.90 Å². The van der Waals surface area contributed by atoms with Crippen LogP contribution in [0.4, 0.5) is 5.69 Å². The molecule has 19 heavy (non-hydrogen) atoms. The molecule has 0 bridgehead atoms. The number of hydrogen-bond acceptors (Lipinski definition) is 2. The van der Waals surface area contributed by atoms with E-state index in [4.69, 9.17) is 5.73 Å². The summed E-state index contributed by atoms with van der Waals surface area (Å²) in [7, 11) is 2.17. The maximum absolute atomic E-state index is 6.18. The summed E-state index contributed by atoms with van der Waals surface area (Å²) >= 11 is 0. The molecule has 2 nitrogen and oxygen atoms in total. The fourth-order valence-electron chi connectivity index (χ4n) is 2.36. The highest BCUT2D eigenvalue weighted by Crippen LogP contribution is 2.24. The minimum atomic E-state index is 0.547. The summed E-state index contributed by atoms with van der Waals surface area (Å²) < 4.78 is 0. The van der Waals surface area contributed by atoms with Gasteiger partial charge in [-0.15, -0.1) is 0 Å². The minimum absolute atomic E-state index is 0.547. The van der Waals surface area contributed by atoms with Gasteiger partial charge >= 0.3 is 0 Å². The van der Waals surface area contributed by atoms with Gasteiger partial charge in [0.05, 0.1) is 0 Å². The quantitative estimate of drug-likeness (QED) is 0.841. The molecule has 0 aliphatic rings. The molecule has 0 radical (unpaired) electrons. The van der Waals surface area contributed by atoms with Gasteiger partial charge in [-0.2, -0.15) is 0 Å². The molecule has 102 valence electrons. The van der Waals surface area contributed by atoms with Crippen LogP contribution in [0.2, 0.25) is 0 Å². The van der Waals surface area contributed by atoms with Gasteiger partial charge in [-0.25, -0.2) is 0 Å². The van der Waals surface area contributed by atoms with Crippen molar-refractivity contribution in [3.8, 4) is 0 Å². The van der Waals surface area contributed by atoms with E-state index in [1.54, 1.807) is 0 Å². The van der Waals surface area contributed by atoms with E-state index in [1.165, 1.54) is 16.3 Å². The van der Waals surface area contributed by atoms with Crippen LogP contribution < -0.4 is 5.73 Å². The van der Waals surface area contributed by atoms with Gasteiger partial charge in [0.15, 0.2) is 0 Å². The standard InChI is InChI=1S/C17H24N2/c1-12(2)13(3)19(4)11-16-9-14-7-5-6-8-15(14)10-17(16)18/h5-10,12-13H,11,18H2,1-4H3. The topological polar surface area (TPSA) is 29.3 Å². The molecule has 2 N–H and O–H groups in total. The molecule has 2 rings (SSSR count). The van der Waals surface area contributed by atoms with Crippen molar-refractivity contribution in [3.63, 3.8) is 0 Å². The van der Waals surface area contributed by atoms with Crippen molar-refractivity contribution in [1.82, 2.24) is 4.90 Å². The number of anilines is 1. The van der Waals surface area contributed by atoms with Gasteiger partial charge in [0.1, 0.15) is 0 Å². The fraction of sp³-hybridized carbons (Fsp3) is 0.412. The van der Waals surface area contributed by atoms with Crippen LogP contribution in [0.25, 0.3) is 10.8 Å². The van der Waals surface area contributed by atoms with Crippen molar-refractivity contribution in [2.45, 2.75) is 33.4 Å². The number of nitrogens with two attached hydrogens (primary N) is 1. The van der Waals surface area contributed by atoms with Crippen LogP contribution in [-0.2, 0) is 6.54 Å². The molecule has 0 fully saturated rings. The molecule has 0 spiro atoms. The van der Waals surface area contributed by atoms with Crippen LogP contribution in [0.5, 0.6) is 0 Å². The van der Waals surface area contributed by atoms with Gasteiger partial charge in [-0.05, 0) is 48.4 Å². The molecule has 1 atom stereocenters. The van der Waals surface area contributed by atoms with E-state index >= 15 is 0 Å². The Morgan fingerprint density at radius 1 is 1.05 bits per heavy atom. The number of nitrogen functional groups attached to an aromatic ring is 1. The fourth-order valence-corrected chi connectivity index (χ4v) is 2.36. The van der Waals surface area contributed by atoms with Crippen molar-refractivity contribution in [3.05, 3.63) is 42.0 Å². The van der Waals surface area contributed by atoms with Crippen LogP contribution in [0.1, 0.15) is 26.3 Å². The first-order chi connectivity index (χ1) is 8.99. The van der Waals surface area contributed by atoms with E-state index in [0.29, 0.717) is 12.0 Å². The molecule has 0 saturated carbocycles. The molecule has 0 amide bonds. The Hall–Kier alpha value is -1.54. The Kier molecular flexibility index (Phi) is 4.11. The number of nitrogens with zero attached hydrogens (tertiary/aromatic N) is 1. The van der Waals surface area contributed by atoms with Gasteiger partial charge in [0, 0.05) is 18.3 Å². The summed E-state index contributed by atoms with van der Waals surface area (Å²) in [5, 5.41) is 2.47. The Morgan fingerprint density at radius 3 is 2.21 bits per heavy atom. The summed E-state index contributed by atoms with van der Waals surface area (Å²) in [6.45, 7) is 7.67. The molecule has 0 aliphatic heterocycles. The van der Waals surface area contributed by atoms with Crippen LogP contribution in [-0.4, -0.2) is 18.0 Å². The Morgan fingerprint density at radius 2 is 1.63 bits per heavy atom. The third-order valence-electron chi connectivity index (χ3n) is 4.09. The van der Waals surface area contributed by atoms with E-state index in [2.05, 4.69) is 69.1 Å². The monoisotopic (exact) mass is 256 g/mol. The summed E-state index contributed by atoms with van der Waals surface area (Å²) in [6.07, 6.45) is 0. The molecule has 0 aliphatic carbocycles. The predicted molar refractivity (Wildman–Crippen MR) is 84.1 cm³/mol. The molecule has 0 heterocycles. The molecule has 2 aromatic carbocycles. The van der Waals surface area contributed by atoms with Crippen molar-refractivity contribution < 1.29 is 0 Å². The Balaban J connectivity index is 2.27. The van der Waals surface area contributed by atoms with Gasteiger partial charge < -0.3 is 5.73 Å². The van der Waals surface area contributed by atoms with Crippen molar-refractivity contribution in [2.24, 2.45) is 5.92 Å². The molecule has 2 heteroatoms. The second-order valence-electron chi connectivity index (χ2n) is 5.80. The molecule has 0 aromatic heterocycles. The first kappa shape index (κ1) is 13.9. The second kappa shape index (κ2) is 5.62. The first-order valence-electron chi connectivity index (χ1n) is 6.96. The van der Waals surface area contributed by atoms with Gasteiger partial charge in [0.25, 0.3) is 0 Å². The largest absolute Gasteiger partial charge is 0.398 e. The van der Waals surface area contributed by atoms with Crippen LogP contribution >= 0.6 is 0 Å². The smallest absolute Gasteiger partial charge is 0.0366 e. The van der Waals surface area contributed by atoms with Gasteiger partial charge in [0.2, 0.25) is 0 Å². The van der Waals surface area contributed by atoms with E-state index < -0.39 is 0 Å². The maximum Gasteiger partial charge on any atom is 0.0366 e. The first-order valence-corrected chi connectivity index (χ1v) is 6.96. The number of rotatable bonds is 4. The number of benzene rings is 2.